The minimum absolute atomic E-state index is 0.313. The summed E-state index contributed by atoms with van der Waals surface area (Å²) in [4.78, 5) is 0. The van der Waals surface area contributed by atoms with E-state index in [2.05, 4.69) is 30.4 Å². The van der Waals surface area contributed by atoms with E-state index in [1.165, 1.54) is 12.0 Å². The number of hydrogen-bond donors (Lipinski definition) is 1. The van der Waals surface area contributed by atoms with E-state index in [0.29, 0.717) is 5.41 Å². The van der Waals surface area contributed by atoms with Crippen molar-refractivity contribution in [3.8, 4) is 11.5 Å². The van der Waals surface area contributed by atoms with Crippen LogP contribution in [-0.2, 0) is 5.41 Å². The van der Waals surface area contributed by atoms with Gasteiger partial charge in [-0.2, -0.15) is 0 Å². The van der Waals surface area contributed by atoms with Crippen molar-refractivity contribution in [1.29, 1.82) is 0 Å². The van der Waals surface area contributed by atoms with E-state index in [0.717, 1.165) is 43.6 Å². The van der Waals surface area contributed by atoms with Crippen LogP contribution in [0.5, 0.6) is 11.5 Å². The second kappa shape index (κ2) is 4.47. The van der Waals surface area contributed by atoms with E-state index >= 15 is 0 Å². The molecule has 0 aromatic heterocycles. The molecule has 98 valence electrons. The van der Waals surface area contributed by atoms with Crippen molar-refractivity contribution in [3.05, 3.63) is 23.8 Å². The molecule has 2 unspecified atom stereocenters. The molecule has 0 amide bonds. The highest BCUT2D eigenvalue weighted by atomic mass is 16.5. The molecule has 1 saturated carbocycles. The van der Waals surface area contributed by atoms with Crippen molar-refractivity contribution in [3.63, 3.8) is 0 Å². The molecule has 0 bridgehead atoms. The minimum Gasteiger partial charge on any atom is -0.490 e. The van der Waals surface area contributed by atoms with Gasteiger partial charge in [0.05, 0.1) is 13.2 Å². The third kappa shape index (κ3) is 1.97. The van der Waals surface area contributed by atoms with Crippen LogP contribution in [0.25, 0.3) is 0 Å². The maximum Gasteiger partial charge on any atom is 0.161 e. The summed E-state index contributed by atoms with van der Waals surface area (Å²) in [5.74, 6) is 2.55. The molecule has 3 heteroatoms. The first-order chi connectivity index (χ1) is 8.74. The zero-order chi connectivity index (χ0) is 12.6. The Morgan fingerprint density at radius 1 is 1.28 bits per heavy atom. The fraction of sp³-hybridized carbons (Fsp3) is 0.600. The topological polar surface area (TPSA) is 30.5 Å². The van der Waals surface area contributed by atoms with Crippen molar-refractivity contribution >= 4 is 0 Å². The summed E-state index contributed by atoms with van der Waals surface area (Å²) >= 11 is 0. The van der Waals surface area contributed by atoms with Gasteiger partial charge in [-0.15, -0.1) is 0 Å². The van der Waals surface area contributed by atoms with Crippen LogP contribution in [0.4, 0.5) is 0 Å². The summed E-state index contributed by atoms with van der Waals surface area (Å²) in [6.07, 6.45) is 2.22. The van der Waals surface area contributed by atoms with Gasteiger partial charge in [-0.1, -0.05) is 13.0 Å². The molecule has 0 spiro atoms. The lowest BCUT2D eigenvalue weighted by molar-refractivity contribution is 0.297. The van der Waals surface area contributed by atoms with Crippen LogP contribution in [0.3, 0.4) is 0 Å². The molecule has 18 heavy (non-hydrogen) atoms. The Bertz CT molecular complexity index is 446. The zero-order valence-electron chi connectivity index (χ0n) is 11.2. The maximum atomic E-state index is 5.77. The average molecular weight is 247 g/mol. The Morgan fingerprint density at radius 3 is 2.83 bits per heavy atom. The van der Waals surface area contributed by atoms with Crippen LogP contribution in [0, 0.1) is 5.92 Å². The normalized spacial score (nSPS) is 29.8. The fourth-order valence-electron chi connectivity index (χ4n) is 2.87. The van der Waals surface area contributed by atoms with Gasteiger partial charge in [0.2, 0.25) is 0 Å². The molecular weight excluding hydrogens is 226 g/mol. The van der Waals surface area contributed by atoms with Crippen LogP contribution in [-0.4, -0.2) is 26.8 Å². The van der Waals surface area contributed by atoms with E-state index < -0.39 is 0 Å². The molecule has 1 heterocycles. The third-order valence-electron chi connectivity index (χ3n) is 4.27. The minimum atomic E-state index is 0.313. The summed E-state index contributed by atoms with van der Waals surface area (Å²) in [5, 5.41) is 3.27. The second-order valence-corrected chi connectivity index (χ2v) is 5.59. The summed E-state index contributed by atoms with van der Waals surface area (Å²) in [5.41, 5.74) is 1.69. The Labute approximate surface area is 108 Å². The molecule has 1 aromatic carbocycles. The average Bonchev–Trinajstić information content (AvgIpc) is 3.08. The van der Waals surface area contributed by atoms with Crippen LogP contribution < -0.4 is 14.8 Å². The zero-order valence-corrected chi connectivity index (χ0v) is 11.2. The SMILES string of the molecule is CNCC1CC1(C)c1ccc2c(c1)OCCCO2. The molecule has 1 aliphatic carbocycles. The highest BCUT2D eigenvalue weighted by molar-refractivity contribution is 5.47. The van der Waals surface area contributed by atoms with Crippen molar-refractivity contribution in [2.45, 2.75) is 25.2 Å². The van der Waals surface area contributed by atoms with Crippen molar-refractivity contribution < 1.29 is 9.47 Å². The van der Waals surface area contributed by atoms with Gasteiger partial charge in [0.25, 0.3) is 0 Å². The lowest BCUT2D eigenvalue weighted by Crippen LogP contribution is -2.15. The molecule has 1 N–H and O–H groups in total. The van der Waals surface area contributed by atoms with E-state index in [1.54, 1.807) is 0 Å². The summed E-state index contributed by atoms with van der Waals surface area (Å²) in [6.45, 7) is 4.94. The molecular formula is C15H21NO2. The second-order valence-electron chi connectivity index (χ2n) is 5.59. The van der Waals surface area contributed by atoms with Gasteiger partial charge in [-0.25, -0.2) is 0 Å². The van der Waals surface area contributed by atoms with Crippen LogP contribution in [0.15, 0.2) is 18.2 Å². The molecule has 1 aliphatic heterocycles. The summed E-state index contributed by atoms with van der Waals surface area (Å²) < 4.78 is 11.4. The first-order valence-corrected chi connectivity index (χ1v) is 6.79. The maximum absolute atomic E-state index is 5.77. The van der Waals surface area contributed by atoms with Gasteiger partial charge < -0.3 is 14.8 Å². The quantitative estimate of drug-likeness (QED) is 0.889. The van der Waals surface area contributed by atoms with Crippen LogP contribution >= 0.6 is 0 Å². The lowest BCUT2D eigenvalue weighted by Gasteiger charge is -2.15. The molecule has 1 fully saturated rings. The molecule has 1 aromatic rings. The van der Waals surface area contributed by atoms with Crippen LogP contribution in [0.1, 0.15) is 25.3 Å². The standard InChI is InChI=1S/C15H21NO2/c1-15(9-12(15)10-16-2)11-4-5-13-14(8-11)18-7-3-6-17-13/h4-5,8,12,16H,3,6-7,9-10H2,1-2H3. The molecule has 3 rings (SSSR count). The summed E-state index contributed by atoms with van der Waals surface area (Å²) in [7, 11) is 2.02. The number of benzene rings is 1. The van der Waals surface area contributed by atoms with Crippen molar-refractivity contribution in [2.24, 2.45) is 5.92 Å². The van der Waals surface area contributed by atoms with Gasteiger partial charge in [-0.3, -0.25) is 0 Å². The smallest absolute Gasteiger partial charge is 0.161 e. The van der Waals surface area contributed by atoms with Gasteiger partial charge in [0.15, 0.2) is 11.5 Å². The van der Waals surface area contributed by atoms with E-state index in [-0.39, 0.29) is 0 Å². The fourth-order valence-corrected chi connectivity index (χ4v) is 2.87. The summed E-state index contributed by atoms with van der Waals surface area (Å²) in [6, 6.07) is 6.44. The Hall–Kier alpha value is -1.22. The molecule has 3 nitrogen and oxygen atoms in total. The predicted molar refractivity (Wildman–Crippen MR) is 71.4 cm³/mol. The Kier molecular flexibility index (Phi) is 2.94. The van der Waals surface area contributed by atoms with E-state index in [9.17, 15) is 0 Å². The predicted octanol–water partition coefficient (Wildman–Crippen LogP) is 2.34. The van der Waals surface area contributed by atoms with Gasteiger partial charge in [0.1, 0.15) is 0 Å². The van der Waals surface area contributed by atoms with Gasteiger partial charge >= 0.3 is 0 Å². The molecule has 2 atom stereocenters. The number of hydrogen-bond acceptors (Lipinski definition) is 3. The molecule has 2 aliphatic rings. The number of fused-ring (bicyclic) bond motifs is 1. The number of rotatable bonds is 3. The highest BCUT2D eigenvalue weighted by Crippen LogP contribution is 2.54. The van der Waals surface area contributed by atoms with Crippen LogP contribution in [0.2, 0.25) is 0 Å². The number of ether oxygens (including phenoxy) is 2. The largest absolute Gasteiger partial charge is 0.490 e. The van der Waals surface area contributed by atoms with Crippen molar-refractivity contribution in [2.75, 3.05) is 26.8 Å². The highest BCUT2D eigenvalue weighted by Gasteiger charge is 2.50. The molecule has 0 radical (unpaired) electrons. The first-order valence-electron chi connectivity index (χ1n) is 6.79. The Morgan fingerprint density at radius 2 is 2.06 bits per heavy atom. The first kappa shape index (κ1) is 11.8. The number of nitrogens with one attached hydrogen (secondary N) is 1. The molecule has 0 saturated heterocycles. The van der Waals surface area contributed by atoms with Gasteiger partial charge in [0, 0.05) is 6.42 Å². The monoisotopic (exact) mass is 247 g/mol. The lowest BCUT2D eigenvalue weighted by atomic mass is 9.95. The van der Waals surface area contributed by atoms with E-state index in [1.807, 2.05) is 7.05 Å². The van der Waals surface area contributed by atoms with Crippen molar-refractivity contribution in [1.82, 2.24) is 5.32 Å². The third-order valence-corrected chi connectivity index (χ3v) is 4.27. The van der Waals surface area contributed by atoms with Gasteiger partial charge in [-0.05, 0) is 49.0 Å². The van der Waals surface area contributed by atoms with E-state index in [4.69, 9.17) is 9.47 Å². The Balaban J connectivity index is 1.84.